The van der Waals surface area contributed by atoms with Crippen molar-refractivity contribution >= 4 is 15.9 Å². The van der Waals surface area contributed by atoms with Crippen LogP contribution in [0.4, 0.5) is 0 Å². The average molecular weight is 369 g/mol. The normalized spacial score (nSPS) is 21.4. The predicted octanol–water partition coefficient (Wildman–Crippen LogP) is 1.88. The summed E-state index contributed by atoms with van der Waals surface area (Å²) in [5.74, 6) is -0.228. The first kappa shape index (κ1) is 18.4. The molecule has 2 N–H and O–H groups in total. The molecule has 1 aromatic rings. The van der Waals surface area contributed by atoms with Gasteiger partial charge in [-0.3, -0.25) is 4.79 Å². The molecule has 1 aliphatic carbocycles. The molecule has 0 atom stereocenters. The molecule has 25 heavy (non-hydrogen) atoms. The zero-order valence-corrected chi connectivity index (χ0v) is 15.3. The van der Waals surface area contributed by atoms with Gasteiger partial charge >= 0.3 is 0 Å². The lowest BCUT2D eigenvalue weighted by Crippen LogP contribution is -2.40. The second kappa shape index (κ2) is 8.33. The van der Waals surface area contributed by atoms with E-state index >= 15 is 0 Å². The summed E-state index contributed by atoms with van der Waals surface area (Å²) < 4.78 is 31.8. The number of H-pyrrole nitrogens is 1. The number of morpholine rings is 1. The van der Waals surface area contributed by atoms with Crippen LogP contribution in [0.5, 0.6) is 0 Å². The van der Waals surface area contributed by atoms with E-state index in [0.717, 1.165) is 25.7 Å². The van der Waals surface area contributed by atoms with Crippen LogP contribution in [0.1, 0.15) is 55.4 Å². The Kier molecular flexibility index (Phi) is 6.14. The van der Waals surface area contributed by atoms with E-state index in [1.54, 1.807) is 0 Å². The van der Waals surface area contributed by atoms with Gasteiger partial charge in [0.05, 0.1) is 13.2 Å². The number of carbonyl (C=O) groups is 1. The van der Waals surface area contributed by atoms with E-state index in [2.05, 4.69) is 10.3 Å². The van der Waals surface area contributed by atoms with Gasteiger partial charge < -0.3 is 15.0 Å². The van der Waals surface area contributed by atoms with Gasteiger partial charge in [-0.2, -0.15) is 4.31 Å². The highest BCUT2D eigenvalue weighted by molar-refractivity contribution is 7.89. The lowest BCUT2D eigenvalue weighted by atomic mass is 9.96. The molecule has 0 radical (unpaired) electrons. The van der Waals surface area contributed by atoms with Crippen molar-refractivity contribution in [1.82, 2.24) is 14.6 Å². The second-order valence-electron chi connectivity index (χ2n) is 6.78. The van der Waals surface area contributed by atoms with Crippen LogP contribution >= 0.6 is 0 Å². The maximum atomic E-state index is 12.6. The largest absolute Gasteiger partial charge is 0.379 e. The van der Waals surface area contributed by atoms with E-state index in [1.807, 2.05) is 0 Å². The smallest absolute Gasteiger partial charge is 0.267 e. The molecule has 1 saturated carbocycles. The zero-order chi connectivity index (χ0) is 17.7. The van der Waals surface area contributed by atoms with Gasteiger partial charge in [-0.05, 0) is 18.9 Å². The Morgan fingerprint density at radius 1 is 1.12 bits per heavy atom. The van der Waals surface area contributed by atoms with Gasteiger partial charge in [0.1, 0.15) is 10.6 Å². The fraction of sp³-hybridized carbons (Fsp3) is 0.706. The Hall–Kier alpha value is -1.38. The van der Waals surface area contributed by atoms with Gasteiger partial charge in [-0.1, -0.05) is 32.1 Å². The molecule has 2 aliphatic rings. The number of sulfonamides is 1. The Balaban J connectivity index is 1.64. The van der Waals surface area contributed by atoms with E-state index < -0.39 is 10.0 Å². The van der Waals surface area contributed by atoms with Gasteiger partial charge in [0.25, 0.3) is 5.91 Å². The summed E-state index contributed by atoms with van der Waals surface area (Å²) in [6.45, 7) is 1.49. The Morgan fingerprint density at radius 2 is 1.76 bits per heavy atom. The summed E-state index contributed by atoms with van der Waals surface area (Å²) in [6, 6.07) is 1.61. The minimum absolute atomic E-state index is 0.136. The minimum atomic E-state index is -3.58. The van der Waals surface area contributed by atoms with Crippen LogP contribution in [0.3, 0.4) is 0 Å². The number of amides is 1. The fourth-order valence-corrected chi connectivity index (χ4v) is 4.86. The summed E-state index contributed by atoms with van der Waals surface area (Å²) in [5.41, 5.74) is 0.300. The standard InChI is InChI=1S/C17H27N3O4S/c21-17(19-14-6-4-2-1-3-5-7-14)16-12-15(13-18-16)25(22,23)20-8-10-24-11-9-20/h12-14,18H,1-11H2,(H,19,21). The van der Waals surface area contributed by atoms with Crippen LogP contribution < -0.4 is 5.32 Å². The van der Waals surface area contributed by atoms with Crippen LogP contribution in [-0.2, 0) is 14.8 Å². The summed E-state index contributed by atoms with van der Waals surface area (Å²) >= 11 is 0. The molecule has 0 spiro atoms. The molecule has 8 heteroatoms. The summed E-state index contributed by atoms with van der Waals surface area (Å²) in [4.78, 5) is 15.4. The average Bonchev–Trinajstić information content (AvgIpc) is 3.09. The highest BCUT2D eigenvalue weighted by atomic mass is 32.2. The van der Waals surface area contributed by atoms with Crippen molar-refractivity contribution in [3.63, 3.8) is 0 Å². The van der Waals surface area contributed by atoms with Crippen LogP contribution in [0.2, 0.25) is 0 Å². The number of rotatable bonds is 4. The van der Waals surface area contributed by atoms with Crippen molar-refractivity contribution in [3.8, 4) is 0 Å². The minimum Gasteiger partial charge on any atom is -0.379 e. The lowest BCUT2D eigenvalue weighted by molar-refractivity contribution is 0.0730. The Morgan fingerprint density at radius 3 is 2.44 bits per heavy atom. The number of nitrogens with one attached hydrogen (secondary N) is 2. The first-order valence-corrected chi connectivity index (χ1v) is 10.6. The number of ether oxygens (including phenoxy) is 1. The van der Waals surface area contributed by atoms with Gasteiger partial charge in [0.2, 0.25) is 10.0 Å². The van der Waals surface area contributed by atoms with E-state index in [-0.39, 0.29) is 16.8 Å². The molecule has 0 aromatic carbocycles. The molecule has 3 rings (SSSR count). The molecule has 1 saturated heterocycles. The van der Waals surface area contributed by atoms with Gasteiger partial charge in [-0.25, -0.2) is 8.42 Å². The number of nitrogens with zero attached hydrogens (tertiary/aromatic N) is 1. The quantitative estimate of drug-likeness (QED) is 0.848. The summed E-state index contributed by atoms with van der Waals surface area (Å²) in [5, 5.41) is 3.05. The fourth-order valence-electron chi connectivity index (χ4n) is 3.45. The number of hydrogen-bond donors (Lipinski definition) is 2. The third-order valence-electron chi connectivity index (χ3n) is 4.95. The molecule has 1 aliphatic heterocycles. The predicted molar refractivity (Wildman–Crippen MR) is 93.9 cm³/mol. The van der Waals surface area contributed by atoms with Crippen LogP contribution in [0.25, 0.3) is 0 Å². The molecule has 0 unspecified atom stereocenters. The highest BCUT2D eigenvalue weighted by Crippen LogP contribution is 2.20. The molecule has 140 valence electrons. The molecule has 2 heterocycles. The van der Waals surface area contributed by atoms with Crippen LogP contribution in [0.15, 0.2) is 17.2 Å². The highest BCUT2D eigenvalue weighted by Gasteiger charge is 2.28. The Labute approximate surface area is 149 Å². The monoisotopic (exact) mass is 369 g/mol. The second-order valence-corrected chi connectivity index (χ2v) is 8.72. The molecule has 7 nitrogen and oxygen atoms in total. The molecule has 0 bridgehead atoms. The number of hydrogen-bond acceptors (Lipinski definition) is 4. The van der Waals surface area contributed by atoms with Gasteiger partial charge in [0, 0.05) is 25.3 Å². The first-order valence-electron chi connectivity index (χ1n) is 9.14. The maximum Gasteiger partial charge on any atom is 0.267 e. The lowest BCUT2D eigenvalue weighted by Gasteiger charge is -2.25. The summed E-state index contributed by atoms with van der Waals surface area (Å²) in [6.07, 6.45) is 9.36. The van der Waals surface area contributed by atoms with E-state index in [1.165, 1.54) is 35.8 Å². The summed E-state index contributed by atoms with van der Waals surface area (Å²) in [7, 11) is -3.58. The van der Waals surface area contributed by atoms with Crippen molar-refractivity contribution in [1.29, 1.82) is 0 Å². The molecule has 2 fully saturated rings. The molecule has 1 aromatic heterocycles. The van der Waals surface area contributed by atoms with Crippen molar-refractivity contribution in [2.45, 2.75) is 55.9 Å². The van der Waals surface area contributed by atoms with E-state index in [4.69, 9.17) is 4.74 Å². The van der Waals surface area contributed by atoms with Crippen molar-refractivity contribution in [2.24, 2.45) is 0 Å². The number of carbonyl (C=O) groups excluding carboxylic acids is 1. The van der Waals surface area contributed by atoms with Gasteiger partial charge in [0.15, 0.2) is 0 Å². The maximum absolute atomic E-state index is 12.6. The van der Waals surface area contributed by atoms with E-state index in [0.29, 0.717) is 32.0 Å². The van der Waals surface area contributed by atoms with Crippen molar-refractivity contribution in [3.05, 3.63) is 18.0 Å². The SMILES string of the molecule is O=C(NC1CCCCCCC1)c1cc(S(=O)(=O)N2CCOCC2)c[nH]1. The number of aromatic nitrogens is 1. The topological polar surface area (TPSA) is 91.5 Å². The Bertz CT molecular complexity index is 672. The van der Waals surface area contributed by atoms with Crippen LogP contribution in [-0.4, -0.2) is 56.0 Å². The first-order chi connectivity index (χ1) is 12.1. The number of aromatic amines is 1. The molecular formula is C17H27N3O4S. The molecular weight excluding hydrogens is 342 g/mol. The third kappa shape index (κ3) is 4.62. The van der Waals surface area contributed by atoms with Gasteiger partial charge in [-0.15, -0.1) is 0 Å². The van der Waals surface area contributed by atoms with Crippen molar-refractivity contribution in [2.75, 3.05) is 26.3 Å². The third-order valence-corrected chi connectivity index (χ3v) is 6.83. The zero-order valence-electron chi connectivity index (χ0n) is 14.5. The van der Waals surface area contributed by atoms with Crippen molar-refractivity contribution < 1.29 is 17.9 Å². The van der Waals surface area contributed by atoms with Crippen LogP contribution in [0, 0.1) is 0 Å². The molecule has 1 amide bonds. The van der Waals surface area contributed by atoms with E-state index in [9.17, 15) is 13.2 Å².